The smallest absolute Gasteiger partial charge is 0.240 e. The monoisotopic (exact) mass is 332 g/mol. The first kappa shape index (κ1) is 15.4. The van der Waals surface area contributed by atoms with Crippen molar-refractivity contribution in [2.45, 2.75) is 11.4 Å². The number of benzene rings is 1. The fourth-order valence-electron chi connectivity index (χ4n) is 1.99. The molecular weight excluding hydrogens is 319 g/mol. The Morgan fingerprint density at radius 3 is 2.48 bits per heavy atom. The number of hydrogen-bond acceptors (Lipinski definition) is 4. The largest absolute Gasteiger partial charge is 0.472 e. The topological polar surface area (TPSA) is 72.2 Å². The average Bonchev–Trinajstić information content (AvgIpc) is 3.08. The number of nitrogens with one attached hydrogen (secondary N) is 1. The first-order chi connectivity index (χ1) is 11.0. The summed E-state index contributed by atoms with van der Waals surface area (Å²) in [7, 11) is -3.69. The summed E-state index contributed by atoms with van der Waals surface area (Å²) in [5.74, 6) is -0.483. The van der Waals surface area contributed by atoms with Crippen LogP contribution in [-0.2, 0) is 16.6 Å². The highest BCUT2D eigenvalue weighted by Crippen LogP contribution is 2.17. The van der Waals surface area contributed by atoms with Gasteiger partial charge in [-0.2, -0.15) is 0 Å². The second-order valence-electron chi connectivity index (χ2n) is 4.84. The zero-order chi connectivity index (χ0) is 16.3. The summed E-state index contributed by atoms with van der Waals surface area (Å²) in [6.07, 6.45) is 4.73. The maximum atomic E-state index is 12.8. The van der Waals surface area contributed by atoms with Crippen LogP contribution >= 0.6 is 0 Å². The van der Waals surface area contributed by atoms with Gasteiger partial charge in [-0.1, -0.05) is 6.07 Å². The molecule has 0 saturated carbocycles. The number of pyridine rings is 1. The van der Waals surface area contributed by atoms with E-state index in [1.165, 1.54) is 12.1 Å². The highest BCUT2D eigenvalue weighted by molar-refractivity contribution is 7.89. The lowest BCUT2D eigenvalue weighted by Gasteiger charge is -2.07. The van der Waals surface area contributed by atoms with Crippen LogP contribution in [0.3, 0.4) is 0 Å². The maximum Gasteiger partial charge on any atom is 0.240 e. The van der Waals surface area contributed by atoms with E-state index in [1.54, 1.807) is 36.9 Å². The van der Waals surface area contributed by atoms with Crippen molar-refractivity contribution in [2.24, 2.45) is 0 Å². The highest BCUT2D eigenvalue weighted by atomic mass is 32.2. The molecule has 2 aromatic heterocycles. The van der Waals surface area contributed by atoms with Crippen LogP contribution in [0, 0.1) is 5.82 Å². The molecule has 1 N–H and O–H groups in total. The molecule has 118 valence electrons. The molecule has 0 bridgehead atoms. The minimum Gasteiger partial charge on any atom is -0.472 e. The average molecular weight is 332 g/mol. The molecule has 23 heavy (non-hydrogen) atoms. The first-order valence-electron chi connectivity index (χ1n) is 6.77. The summed E-state index contributed by atoms with van der Waals surface area (Å²) in [4.78, 5) is 4.28. The minimum absolute atomic E-state index is 0.0156. The molecule has 3 aromatic rings. The van der Waals surface area contributed by atoms with Crippen LogP contribution in [-0.4, -0.2) is 13.4 Å². The highest BCUT2D eigenvalue weighted by Gasteiger charge is 2.13. The second-order valence-corrected chi connectivity index (χ2v) is 6.61. The number of aromatic nitrogens is 1. The molecule has 0 unspecified atom stereocenters. The Morgan fingerprint density at radius 1 is 1.09 bits per heavy atom. The molecule has 0 radical (unpaired) electrons. The molecule has 0 fully saturated rings. The predicted octanol–water partition coefficient (Wildman–Crippen LogP) is 2.96. The van der Waals surface area contributed by atoms with Crippen molar-refractivity contribution in [1.82, 2.24) is 9.71 Å². The van der Waals surface area contributed by atoms with E-state index in [2.05, 4.69) is 9.71 Å². The molecule has 0 atom stereocenters. The van der Waals surface area contributed by atoms with E-state index in [0.717, 1.165) is 23.4 Å². The van der Waals surface area contributed by atoms with Gasteiger partial charge in [0.1, 0.15) is 5.82 Å². The molecule has 0 aliphatic rings. The van der Waals surface area contributed by atoms with Crippen LogP contribution in [0.4, 0.5) is 4.39 Å². The number of nitrogens with zero attached hydrogens (tertiary/aromatic N) is 1. The van der Waals surface area contributed by atoms with Gasteiger partial charge in [0.2, 0.25) is 10.0 Å². The Morgan fingerprint density at radius 2 is 1.87 bits per heavy atom. The van der Waals surface area contributed by atoms with Gasteiger partial charge in [0, 0.05) is 18.3 Å². The van der Waals surface area contributed by atoms with Gasteiger partial charge >= 0.3 is 0 Å². The van der Waals surface area contributed by atoms with Gasteiger partial charge in [-0.3, -0.25) is 4.98 Å². The van der Waals surface area contributed by atoms with E-state index in [-0.39, 0.29) is 11.4 Å². The Bertz CT molecular complexity index is 874. The Balaban J connectivity index is 1.69. The fourth-order valence-corrected chi connectivity index (χ4v) is 3.00. The molecule has 0 saturated heterocycles. The molecule has 0 spiro atoms. The van der Waals surface area contributed by atoms with E-state index in [0.29, 0.717) is 5.56 Å². The van der Waals surface area contributed by atoms with E-state index >= 15 is 0 Å². The van der Waals surface area contributed by atoms with Crippen LogP contribution in [0.2, 0.25) is 0 Å². The third kappa shape index (κ3) is 3.64. The van der Waals surface area contributed by atoms with Gasteiger partial charge in [-0.05, 0) is 42.0 Å². The third-order valence-electron chi connectivity index (χ3n) is 3.23. The molecule has 0 aliphatic heterocycles. The lowest BCUT2D eigenvalue weighted by molar-refractivity contribution is 0.568. The van der Waals surface area contributed by atoms with Crippen LogP contribution < -0.4 is 4.72 Å². The Labute approximate surface area is 132 Å². The Kier molecular flexibility index (Phi) is 4.22. The molecule has 3 rings (SSSR count). The van der Waals surface area contributed by atoms with Crippen LogP contribution in [0.25, 0.3) is 11.3 Å². The van der Waals surface area contributed by atoms with Gasteiger partial charge in [-0.25, -0.2) is 17.5 Å². The molecule has 7 heteroatoms. The van der Waals surface area contributed by atoms with Crippen LogP contribution in [0.1, 0.15) is 5.56 Å². The molecule has 1 aromatic carbocycles. The number of halogens is 1. The van der Waals surface area contributed by atoms with Crippen molar-refractivity contribution in [2.75, 3.05) is 0 Å². The first-order valence-corrected chi connectivity index (χ1v) is 8.26. The van der Waals surface area contributed by atoms with Crippen molar-refractivity contribution in [3.63, 3.8) is 0 Å². The molecule has 0 aliphatic carbocycles. The van der Waals surface area contributed by atoms with Gasteiger partial charge < -0.3 is 4.42 Å². The quantitative estimate of drug-likeness (QED) is 0.780. The number of sulfonamides is 1. The molecular formula is C16H13FN2O3S. The van der Waals surface area contributed by atoms with E-state index < -0.39 is 15.8 Å². The van der Waals surface area contributed by atoms with Gasteiger partial charge in [0.25, 0.3) is 0 Å². The predicted molar refractivity (Wildman–Crippen MR) is 82.4 cm³/mol. The molecule has 0 amide bonds. The summed E-state index contributed by atoms with van der Waals surface area (Å²) in [5.41, 5.74) is 2.30. The van der Waals surface area contributed by atoms with Crippen molar-refractivity contribution in [1.29, 1.82) is 0 Å². The maximum absolute atomic E-state index is 12.8. The zero-order valence-corrected chi connectivity index (χ0v) is 12.8. The van der Waals surface area contributed by atoms with Crippen molar-refractivity contribution in [3.05, 3.63) is 72.6 Å². The number of hydrogen-bond donors (Lipinski definition) is 1. The van der Waals surface area contributed by atoms with Gasteiger partial charge in [-0.15, -0.1) is 0 Å². The van der Waals surface area contributed by atoms with E-state index in [4.69, 9.17) is 4.42 Å². The lowest BCUT2D eigenvalue weighted by Crippen LogP contribution is -2.23. The van der Waals surface area contributed by atoms with Gasteiger partial charge in [0.15, 0.2) is 0 Å². The van der Waals surface area contributed by atoms with E-state index in [9.17, 15) is 12.8 Å². The lowest BCUT2D eigenvalue weighted by atomic mass is 10.2. The van der Waals surface area contributed by atoms with Crippen LogP contribution in [0.15, 0.2) is 70.5 Å². The SMILES string of the molecule is O=S(=O)(NCc1ccc(-c2ccoc2)nc1)c1ccc(F)cc1. The van der Waals surface area contributed by atoms with Crippen molar-refractivity contribution < 1.29 is 17.2 Å². The standard InChI is InChI=1S/C16H13FN2O3S/c17-14-2-4-15(5-3-14)23(20,21)19-10-12-1-6-16(18-9-12)13-7-8-22-11-13/h1-9,11,19H,10H2. The Hall–Kier alpha value is -2.51. The summed E-state index contributed by atoms with van der Waals surface area (Å²) in [6, 6.07) is 10.0. The third-order valence-corrected chi connectivity index (χ3v) is 4.65. The zero-order valence-electron chi connectivity index (χ0n) is 11.9. The number of rotatable bonds is 5. The van der Waals surface area contributed by atoms with Crippen molar-refractivity contribution >= 4 is 10.0 Å². The molecule has 5 nitrogen and oxygen atoms in total. The normalized spacial score (nSPS) is 11.5. The van der Waals surface area contributed by atoms with Crippen molar-refractivity contribution in [3.8, 4) is 11.3 Å². The minimum atomic E-state index is -3.69. The van der Waals surface area contributed by atoms with Crippen LogP contribution in [0.5, 0.6) is 0 Å². The summed E-state index contributed by atoms with van der Waals surface area (Å²) < 4.78 is 44.5. The fraction of sp³-hybridized carbons (Fsp3) is 0.0625. The summed E-state index contributed by atoms with van der Waals surface area (Å²) in [6.45, 7) is 0.0956. The number of furan rings is 1. The summed E-state index contributed by atoms with van der Waals surface area (Å²) in [5, 5.41) is 0. The second kappa shape index (κ2) is 6.31. The van der Waals surface area contributed by atoms with E-state index in [1.807, 2.05) is 0 Å². The van der Waals surface area contributed by atoms with Gasteiger partial charge in [0.05, 0.1) is 23.1 Å². The summed E-state index contributed by atoms with van der Waals surface area (Å²) >= 11 is 0. The molecule has 2 heterocycles.